The molecule has 3 nitrogen and oxygen atoms in total. The summed E-state index contributed by atoms with van der Waals surface area (Å²) in [4.78, 5) is 18.3. The number of piperazine rings is 1. The van der Waals surface area contributed by atoms with Gasteiger partial charge in [0.25, 0.3) is 0 Å². The molecule has 0 unspecified atom stereocenters. The first-order chi connectivity index (χ1) is 11.2. The van der Waals surface area contributed by atoms with Crippen molar-refractivity contribution in [3.8, 4) is 0 Å². The number of carbonyl (C=O) groups excluding carboxylic acids is 1. The summed E-state index contributed by atoms with van der Waals surface area (Å²) in [6.45, 7) is 7.50. The predicted molar refractivity (Wildman–Crippen MR) is 99.6 cm³/mol. The lowest BCUT2D eigenvalue weighted by molar-refractivity contribution is 0.0942. The topological polar surface area (TPSA) is 23.6 Å². The summed E-state index contributed by atoms with van der Waals surface area (Å²) in [5.74, 6) is 1.44. The second kappa shape index (κ2) is 10.1. The van der Waals surface area contributed by atoms with Gasteiger partial charge in [0.1, 0.15) is 0 Å². The second-order valence-electron chi connectivity index (χ2n) is 6.40. The summed E-state index contributed by atoms with van der Waals surface area (Å²) in [5.41, 5.74) is 0.858. The molecule has 0 amide bonds. The van der Waals surface area contributed by atoms with Crippen LogP contribution in [0.5, 0.6) is 0 Å². The second-order valence-corrected chi connectivity index (χ2v) is 7.57. The van der Waals surface area contributed by atoms with Gasteiger partial charge in [-0.1, -0.05) is 31.9 Å². The average Bonchev–Trinajstić information content (AvgIpc) is 2.58. The van der Waals surface area contributed by atoms with Gasteiger partial charge in [-0.3, -0.25) is 4.79 Å². The van der Waals surface area contributed by atoms with Crippen molar-refractivity contribution < 1.29 is 4.79 Å². The van der Waals surface area contributed by atoms with Crippen LogP contribution in [0.3, 0.4) is 0 Å². The minimum absolute atomic E-state index is 0.270. The Labute approximate surface area is 145 Å². The molecule has 0 N–H and O–H groups in total. The van der Waals surface area contributed by atoms with Gasteiger partial charge in [0.15, 0.2) is 5.78 Å². The average molecular weight is 335 g/mol. The summed E-state index contributed by atoms with van der Waals surface area (Å²) in [6.07, 6.45) is 4.47. The van der Waals surface area contributed by atoms with E-state index in [0.717, 1.165) is 38.3 Å². The predicted octanol–water partition coefficient (Wildman–Crippen LogP) is 3.79. The maximum Gasteiger partial charge on any atom is 0.164 e. The number of rotatable bonds is 9. The van der Waals surface area contributed by atoms with Gasteiger partial charge in [-0.15, -0.1) is 11.8 Å². The van der Waals surface area contributed by atoms with E-state index in [-0.39, 0.29) is 5.78 Å². The molecule has 0 spiro atoms. The van der Waals surface area contributed by atoms with E-state index in [0.29, 0.717) is 6.42 Å². The van der Waals surface area contributed by atoms with Crippen molar-refractivity contribution in [2.24, 2.45) is 0 Å². The van der Waals surface area contributed by atoms with E-state index in [4.69, 9.17) is 0 Å². The highest BCUT2D eigenvalue weighted by molar-refractivity contribution is 7.99. The first-order valence-corrected chi connectivity index (χ1v) is 9.84. The first kappa shape index (κ1) is 18.5. The molecule has 1 aromatic rings. The quantitative estimate of drug-likeness (QED) is 0.389. The fourth-order valence-corrected chi connectivity index (χ4v) is 3.67. The van der Waals surface area contributed by atoms with Crippen molar-refractivity contribution in [3.05, 3.63) is 29.8 Å². The Morgan fingerprint density at radius 1 is 1.09 bits per heavy atom. The molecule has 4 heteroatoms. The van der Waals surface area contributed by atoms with Crippen molar-refractivity contribution in [1.82, 2.24) is 9.80 Å². The molecule has 1 aromatic carbocycles. The minimum Gasteiger partial charge on any atom is -0.304 e. The van der Waals surface area contributed by atoms with E-state index in [1.54, 1.807) is 0 Å². The van der Waals surface area contributed by atoms with Crippen molar-refractivity contribution in [2.75, 3.05) is 45.5 Å². The molecule has 0 radical (unpaired) electrons. The summed E-state index contributed by atoms with van der Waals surface area (Å²) in [7, 11) is 2.16. The van der Waals surface area contributed by atoms with Crippen molar-refractivity contribution >= 4 is 17.5 Å². The fourth-order valence-electron chi connectivity index (χ4n) is 2.75. The maximum absolute atomic E-state index is 12.3. The van der Waals surface area contributed by atoms with Crippen LogP contribution >= 0.6 is 11.8 Å². The molecule has 0 bridgehead atoms. The van der Waals surface area contributed by atoms with E-state index in [9.17, 15) is 4.79 Å². The zero-order valence-electron chi connectivity index (χ0n) is 14.6. The molecule has 128 valence electrons. The van der Waals surface area contributed by atoms with Crippen LogP contribution in [0.1, 0.15) is 43.0 Å². The van der Waals surface area contributed by atoms with Crippen molar-refractivity contribution in [3.63, 3.8) is 0 Å². The number of Topliss-reactive ketones (excluding diaryl/α,β-unsaturated/α-hetero) is 1. The molecule has 2 rings (SSSR count). The summed E-state index contributed by atoms with van der Waals surface area (Å²) >= 11 is 1.89. The molecule has 0 atom stereocenters. The Kier molecular flexibility index (Phi) is 8.13. The number of benzene rings is 1. The van der Waals surface area contributed by atoms with Crippen LogP contribution in [-0.2, 0) is 0 Å². The number of thioether (sulfide) groups is 1. The number of likely N-dealkylation sites (N-methyl/N-ethyl adjacent to an activating group) is 1. The lowest BCUT2D eigenvalue weighted by atomic mass is 10.1. The zero-order valence-corrected chi connectivity index (χ0v) is 15.4. The number of ketones is 1. The molecule has 23 heavy (non-hydrogen) atoms. The van der Waals surface area contributed by atoms with Crippen LogP contribution in [0.25, 0.3) is 0 Å². The van der Waals surface area contributed by atoms with Gasteiger partial charge in [-0.05, 0) is 31.4 Å². The van der Waals surface area contributed by atoms with Crippen LogP contribution in [0.2, 0.25) is 0 Å². The third-order valence-corrected chi connectivity index (χ3v) is 5.54. The van der Waals surface area contributed by atoms with Gasteiger partial charge in [-0.2, -0.15) is 0 Å². The molecular weight excluding hydrogens is 304 g/mol. The lowest BCUT2D eigenvalue weighted by Gasteiger charge is -2.32. The van der Waals surface area contributed by atoms with Crippen LogP contribution in [0.4, 0.5) is 0 Å². The smallest absolute Gasteiger partial charge is 0.164 e. The van der Waals surface area contributed by atoms with Gasteiger partial charge in [0.2, 0.25) is 0 Å². The Balaban J connectivity index is 1.72. The Morgan fingerprint density at radius 3 is 2.43 bits per heavy atom. The Hall–Kier alpha value is -0.840. The van der Waals surface area contributed by atoms with Gasteiger partial charge in [0, 0.05) is 49.6 Å². The summed E-state index contributed by atoms with van der Waals surface area (Å²) < 4.78 is 0. The van der Waals surface area contributed by atoms with E-state index in [2.05, 4.69) is 35.9 Å². The molecule has 0 aromatic heterocycles. The summed E-state index contributed by atoms with van der Waals surface area (Å²) in [6, 6.07) is 8.18. The van der Waals surface area contributed by atoms with Crippen LogP contribution in [-0.4, -0.2) is 61.1 Å². The van der Waals surface area contributed by atoms with Crippen LogP contribution in [0, 0.1) is 0 Å². The largest absolute Gasteiger partial charge is 0.304 e. The molecule has 0 aliphatic carbocycles. The normalized spacial score (nSPS) is 16.6. The molecule has 1 aliphatic rings. The van der Waals surface area contributed by atoms with Crippen molar-refractivity contribution in [1.29, 1.82) is 0 Å². The highest BCUT2D eigenvalue weighted by Gasteiger charge is 2.15. The Bertz CT molecular complexity index is 467. The molecular formula is C19H30N2OS. The standard InChI is InChI=1S/C19H30N2OS/c1-3-4-5-16-23-18-8-6-17(7-9-18)19(22)10-11-21-14-12-20(2)13-15-21/h6-9H,3-5,10-16H2,1-2H3. The minimum atomic E-state index is 0.270. The number of carbonyl (C=O) groups is 1. The van der Waals surface area contributed by atoms with Gasteiger partial charge >= 0.3 is 0 Å². The number of unbranched alkanes of at least 4 members (excludes halogenated alkanes) is 2. The molecule has 0 saturated carbocycles. The summed E-state index contributed by atoms with van der Waals surface area (Å²) in [5, 5.41) is 0. The molecule has 1 fully saturated rings. The van der Waals surface area contributed by atoms with Gasteiger partial charge in [-0.25, -0.2) is 0 Å². The fraction of sp³-hybridized carbons (Fsp3) is 0.632. The number of hydrogen-bond acceptors (Lipinski definition) is 4. The Morgan fingerprint density at radius 2 is 1.78 bits per heavy atom. The molecule has 1 saturated heterocycles. The van der Waals surface area contributed by atoms with Gasteiger partial charge < -0.3 is 9.80 Å². The number of nitrogens with zero attached hydrogens (tertiary/aromatic N) is 2. The van der Waals surface area contributed by atoms with E-state index >= 15 is 0 Å². The zero-order chi connectivity index (χ0) is 16.5. The number of hydrogen-bond donors (Lipinski definition) is 0. The first-order valence-electron chi connectivity index (χ1n) is 8.86. The maximum atomic E-state index is 12.3. The van der Waals surface area contributed by atoms with E-state index < -0.39 is 0 Å². The van der Waals surface area contributed by atoms with Gasteiger partial charge in [0.05, 0.1) is 0 Å². The van der Waals surface area contributed by atoms with E-state index in [1.165, 1.54) is 29.9 Å². The van der Waals surface area contributed by atoms with Crippen LogP contribution < -0.4 is 0 Å². The highest BCUT2D eigenvalue weighted by atomic mass is 32.2. The third kappa shape index (κ3) is 6.66. The monoisotopic (exact) mass is 334 g/mol. The van der Waals surface area contributed by atoms with Crippen molar-refractivity contribution in [2.45, 2.75) is 37.5 Å². The lowest BCUT2D eigenvalue weighted by Crippen LogP contribution is -2.45. The SMILES string of the molecule is CCCCCSc1ccc(C(=O)CCN2CCN(C)CC2)cc1. The molecule has 1 aliphatic heterocycles. The van der Waals surface area contributed by atoms with E-state index in [1.807, 2.05) is 23.9 Å². The third-order valence-electron chi connectivity index (χ3n) is 4.44. The van der Waals surface area contributed by atoms with Crippen LogP contribution in [0.15, 0.2) is 29.2 Å². The highest BCUT2D eigenvalue weighted by Crippen LogP contribution is 2.20. The molecule has 1 heterocycles.